The van der Waals surface area contributed by atoms with Gasteiger partial charge in [0.15, 0.2) is 5.16 Å². The van der Waals surface area contributed by atoms with E-state index in [1.807, 2.05) is 12.3 Å². The van der Waals surface area contributed by atoms with E-state index in [1.165, 1.54) is 24.6 Å². The largest absolute Gasteiger partial charge is 0.370 e. The predicted octanol–water partition coefficient (Wildman–Crippen LogP) is 2.33. The lowest BCUT2D eigenvalue weighted by Crippen LogP contribution is -2.15. The molecular weight excluding hydrogens is 234 g/mol. The minimum absolute atomic E-state index is 0.636. The molecule has 1 heterocycles. The molecule has 0 saturated heterocycles. The molecule has 17 heavy (non-hydrogen) atoms. The predicted molar refractivity (Wildman–Crippen MR) is 74.2 cm³/mol. The second-order valence-electron chi connectivity index (χ2n) is 3.83. The summed E-state index contributed by atoms with van der Waals surface area (Å²) in [5.41, 5.74) is 2.55. The van der Waals surface area contributed by atoms with Gasteiger partial charge in [-0.3, -0.25) is 0 Å². The van der Waals surface area contributed by atoms with Gasteiger partial charge >= 0.3 is 0 Å². The smallest absolute Gasteiger partial charge is 0.191 e. The van der Waals surface area contributed by atoms with Crippen molar-refractivity contribution in [2.24, 2.45) is 11.8 Å². The lowest BCUT2D eigenvalue weighted by atomic mass is 10.0. The van der Waals surface area contributed by atoms with Crippen LogP contribution in [0.4, 0.5) is 11.6 Å². The van der Waals surface area contributed by atoms with E-state index in [-0.39, 0.29) is 0 Å². The Balaban J connectivity index is 2.69. The maximum absolute atomic E-state index is 5.37. The van der Waals surface area contributed by atoms with E-state index in [4.69, 9.17) is 5.84 Å². The van der Waals surface area contributed by atoms with Gasteiger partial charge in [0.1, 0.15) is 11.6 Å². The zero-order valence-electron chi connectivity index (χ0n) is 10.7. The standard InChI is InChI=1S/C11H21N5S/c1-4-8(5-2)7-13-9-6-10(16-12)15-11(14-9)17-3/h6,8H,4-5,7,12H2,1-3H3,(H2,13,14,15,16). The Hall–Kier alpha value is -1.01. The van der Waals surface area contributed by atoms with Crippen LogP contribution in [0, 0.1) is 5.92 Å². The average molecular weight is 255 g/mol. The average Bonchev–Trinajstić information content (AvgIpc) is 2.39. The number of rotatable bonds is 7. The number of hydrazine groups is 1. The quantitative estimate of drug-likeness (QED) is 0.300. The molecule has 1 rings (SSSR count). The molecule has 0 amide bonds. The number of nitrogens with one attached hydrogen (secondary N) is 2. The summed E-state index contributed by atoms with van der Waals surface area (Å²) in [5, 5.41) is 4.05. The lowest BCUT2D eigenvalue weighted by molar-refractivity contribution is 0.518. The summed E-state index contributed by atoms with van der Waals surface area (Å²) in [4.78, 5) is 8.60. The first-order chi connectivity index (χ1) is 8.23. The van der Waals surface area contributed by atoms with E-state index in [1.54, 1.807) is 0 Å². The highest BCUT2D eigenvalue weighted by atomic mass is 32.2. The van der Waals surface area contributed by atoms with Gasteiger partial charge in [-0.25, -0.2) is 15.8 Å². The number of aromatic nitrogens is 2. The molecule has 0 radical (unpaired) electrons. The minimum Gasteiger partial charge on any atom is -0.370 e. The maximum atomic E-state index is 5.37. The van der Waals surface area contributed by atoms with Crippen molar-refractivity contribution in [2.45, 2.75) is 31.8 Å². The van der Waals surface area contributed by atoms with Crippen molar-refractivity contribution >= 4 is 23.4 Å². The van der Waals surface area contributed by atoms with Gasteiger partial charge in [0, 0.05) is 12.6 Å². The van der Waals surface area contributed by atoms with Crippen LogP contribution in [0.1, 0.15) is 26.7 Å². The third kappa shape index (κ3) is 4.40. The Labute approximate surface area is 107 Å². The van der Waals surface area contributed by atoms with Crippen LogP contribution in [-0.2, 0) is 0 Å². The number of thioether (sulfide) groups is 1. The van der Waals surface area contributed by atoms with E-state index in [0.717, 1.165) is 12.4 Å². The molecule has 0 spiro atoms. The molecule has 0 atom stereocenters. The molecule has 4 N–H and O–H groups in total. The zero-order valence-corrected chi connectivity index (χ0v) is 11.5. The molecule has 0 aromatic carbocycles. The van der Waals surface area contributed by atoms with Gasteiger partial charge in [-0.15, -0.1) is 0 Å². The molecule has 0 aliphatic carbocycles. The first-order valence-electron chi connectivity index (χ1n) is 5.87. The Morgan fingerprint density at radius 2 is 1.94 bits per heavy atom. The number of nitrogens with two attached hydrogens (primary N) is 1. The number of hydrogen-bond donors (Lipinski definition) is 3. The number of nitrogens with zero attached hydrogens (tertiary/aromatic N) is 2. The van der Waals surface area contributed by atoms with Gasteiger partial charge in [0.25, 0.3) is 0 Å². The summed E-state index contributed by atoms with van der Waals surface area (Å²) < 4.78 is 0. The van der Waals surface area contributed by atoms with E-state index < -0.39 is 0 Å². The Morgan fingerprint density at radius 3 is 2.47 bits per heavy atom. The van der Waals surface area contributed by atoms with Crippen molar-refractivity contribution < 1.29 is 0 Å². The first-order valence-corrected chi connectivity index (χ1v) is 7.09. The SMILES string of the molecule is CCC(CC)CNc1cc(NN)nc(SC)n1. The summed E-state index contributed by atoms with van der Waals surface area (Å²) in [6.45, 7) is 5.34. The lowest BCUT2D eigenvalue weighted by Gasteiger charge is -2.14. The molecule has 0 aliphatic heterocycles. The molecular formula is C11H21N5S. The van der Waals surface area contributed by atoms with Crippen molar-refractivity contribution in [1.82, 2.24) is 9.97 Å². The van der Waals surface area contributed by atoms with Crippen LogP contribution in [-0.4, -0.2) is 22.8 Å². The minimum atomic E-state index is 0.636. The molecule has 1 aromatic heterocycles. The van der Waals surface area contributed by atoms with E-state index in [0.29, 0.717) is 16.9 Å². The molecule has 0 unspecified atom stereocenters. The van der Waals surface area contributed by atoms with Crippen LogP contribution in [0.2, 0.25) is 0 Å². The molecule has 1 aromatic rings. The fourth-order valence-electron chi connectivity index (χ4n) is 1.51. The van der Waals surface area contributed by atoms with Crippen molar-refractivity contribution in [1.29, 1.82) is 0 Å². The van der Waals surface area contributed by atoms with Gasteiger partial charge < -0.3 is 10.7 Å². The molecule has 6 heteroatoms. The highest BCUT2D eigenvalue weighted by Gasteiger charge is 2.06. The topological polar surface area (TPSA) is 75.9 Å². The highest BCUT2D eigenvalue weighted by molar-refractivity contribution is 7.98. The first kappa shape index (κ1) is 14.1. The Kier molecular flexibility index (Phi) is 6.07. The van der Waals surface area contributed by atoms with Crippen LogP contribution in [0.3, 0.4) is 0 Å². The highest BCUT2D eigenvalue weighted by Crippen LogP contribution is 2.17. The molecule has 0 bridgehead atoms. The summed E-state index contributed by atoms with van der Waals surface area (Å²) >= 11 is 1.50. The van der Waals surface area contributed by atoms with Crippen molar-refractivity contribution in [3.05, 3.63) is 6.07 Å². The molecule has 0 saturated carbocycles. The normalized spacial score (nSPS) is 10.6. The fourth-order valence-corrected chi connectivity index (χ4v) is 1.89. The van der Waals surface area contributed by atoms with Crippen LogP contribution in [0.15, 0.2) is 11.2 Å². The summed E-state index contributed by atoms with van der Waals surface area (Å²) in [7, 11) is 0. The summed E-state index contributed by atoms with van der Waals surface area (Å²) in [6.07, 6.45) is 4.29. The van der Waals surface area contributed by atoms with Crippen molar-refractivity contribution in [2.75, 3.05) is 23.5 Å². The Bertz CT molecular complexity index is 318. The number of anilines is 2. The van der Waals surface area contributed by atoms with Gasteiger partial charge in [0.2, 0.25) is 0 Å². The zero-order chi connectivity index (χ0) is 12.7. The van der Waals surface area contributed by atoms with E-state index in [2.05, 4.69) is 34.6 Å². The molecule has 5 nitrogen and oxygen atoms in total. The second-order valence-corrected chi connectivity index (χ2v) is 4.61. The van der Waals surface area contributed by atoms with Gasteiger partial charge in [-0.1, -0.05) is 38.5 Å². The summed E-state index contributed by atoms with van der Waals surface area (Å²) in [5.74, 6) is 7.51. The van der Waals surface area contributed by atoms with Gasteiger partial charge in [-0.05, 0) is 12.2 Å². The third-order valence-corrected chi connectivity index (χ3v) is 3.31. The van der Waals surface area contributed by atoms with Gasteiger partial charge in [-0.2, -0.15) is 0 Å². The van der Waals surface area contributed by atoms with Crippen molar-refractivity contribution in [3.63, 3.8) is 0 Å². The monoisotopic (exact) mass is 255 g/mol. The molecule has 96 valence electrons. The van der Waals surface area contributed by atoms with Crippen LogP contribution >= 0.6 is 11.8 Å². The molecule has 0 fully saturated rings. The fraction of sp³-hybridized carbons (Fsp3) is 0.636. The molecule has 0 aliphatic rings. The third-order valence-electron chi connectivity index (χ3n) is 2.76. The number of nitrogen functional groups attached to an aromatic ring is 1. The number of hydrogen-bond acceptors (Lipinski definition) is 6. The maximum Gasteiger partial charge on any atom is 0.191 e. The Morgan fingerprint density at radius 1 is 1.29 bits per heavy atom. The van der Waals surface area contributed by atoms with Crippen LogP contribution in [0.5, 0.6) is 0 Å². The van der Waals surface area contributed by atoms with E-state index >= 15 is 0 Å². The van der Waals surface area contributed by atoms with Crippen molar-refractivity contribution in [3.8, 4) is 0 Å². The van der Waals surface area contributed by atoms with E-state index in [9.17, 15) is 0 Å². The van der Waals surface area contributed by atoms with Crippen LogP contribution in [0.25, 0.3) is 0 Å². The van der Waals surface area contributed by atoms with Gasteiger partial charge in [0.05, 0.1) is 0 Å². The van der Waals surface area contributed by atoms with Crippen LogP contribution < -0.4 is 16.6 Å². The second kappa shape index (κ2) is 7.34. The summed E-state index contributed by atoms with van der Waals surface area (Å²) in [6, 6.07) is 1.82.